The zero-order valence-electron chi connectivity index (χ0n) is 8.48. The van der Waals surface area contributed by atoms with Crippen molar-refractivity contribution in [1.82, 2.24) is 0 Å². The number of hydrogen-bond acceptors (Lipinski definition) is 2. The topological polar surface area (TPSA) is 70.6 Å². The molecule has 0 bridgehead atoms. The van der Waals surface area contributed by atoms with Gasteiger partial charge in [0, 0.05) is 5.69 Å². The number of aliphatic hydroxyl groups is 1. The summed E-state index contributed by atoms with van der Waals surface area (Å²) >= 11 is 0. The Morgan fingerprint density at radius 3 is 2.56 bits per heavy atom. The molecule has 1 atom stereocenters. The van der Waals surface area contributed by atoms with E-state index in [4.69, 9.17) is 10.8 Å². The number of rotatable bonds is 4. The molecule has 88 valence electrons. The van der Waals surface area contributed by atoms with Crippen LogP contribution in [0.4, 0.5) is 14.5 Å². The van der Waals surface area contributed by atoms with Crippen molar-refractivity contribution < 1.29 is 13.9 Å². The minimum Gasteiger partial charge on any atom is -0.385 e. The summed E-state index contributed by atoms with van der Waals surface area (Å²) in [6.45, 7) is -0.427. The fourth-order valence-electron chi connectivity index (χ4n) is 0.980. The monoisotopic (exact) mass is 229 g/mol. The van der Waals surface area contributed by atoms with Crippen molar-refractivity contribution in [3.63, 3.8) is 0 Å². The molecule has 1 aromatic carbocycles. The minimum absolute atomic E-state index is 0.00843. The number of aliphatic hydroxyl groups excluding tert-OH is 1. The largest absolute Gasteiger partial charge is 0.385 e. The number of alkyl halides is 2. The lowest BCUT2D eigenvalue weighted by Gasteiger charge is -2.08. The normalized spacial score (nSPS) is 13.9. The Morgan fingerprint density at radius 1 is 1.38 bits per heavy atom. The van der Waals surface area contributed by atoms with Gasteiger partial charge >= 0.3 is 0 Å². The van der Waals surface area contributed by atoms with Gasteiger partial charge in [-0.1, -0.05) is 18.2 Å². The summed E-state index contributed by atoms with van der Waals surface area (Å²) in [5.74, 6) is -0.00843. The van der Waals surface area contributed by atoms with Crippen LogP contribution in [0.25, 0.3) is 0 Å². The number of benzene rings is 1. The minimum atomic E-state index is -2.81. The predicted molar refractivity (Wildman–Crippen MR) is 58.6 cm³/mol. The van der Waals surface area contributed by atoms with Crippen LogP contribution >= 0.6 is 0 Å². The highest BCUT2D eigenvalue weighted by atomic mass is 19.3. The summed E-state index contributed by atoms with van der Waals surface area (Å²) in [6.07, 6.45) is -4.59. The molecule has 4 N–H and O–H groups in total. The zero-order valence-corrected chi connectivity index (χ0v) is 8.48. The van der Waals surface area contributed by atoms with E-state index in [-0.39, 0.29) is 5.96 Å². The van der Waals surface area contributed by atoms with E-state index >= 15 is 0 Å². The van der Waals surface area contributed by atoms with Gasteiger partial charge < -0.3 is 16.2 Å². The molecule has 0 spiro atoms. The Bertz CT molecular complexity index is 343. The maximum absolute atomic E-state index is 11.9. The molecule has 4 nitrogen and oxygen atoms in total. The molecule has 0 heterocycles. The smallest absolute Gasteiger partial charge is 0.265 e. The van der Waals surface area contributed by atoms with Crippen molar-refractivity contribution in [1.29, 1.82) is 0 Å². The molecule has 0 aliphatic heterocycles. The van der Waals surface area contributed by atoms with E-state index < -0.39 is 19.1 Å². The highest BCUT2D eigenvalue weighted by molar-refractivity contribution is 5.92. The number of aliphatic imine (C=N–C) groups is 1. The van der Waals surface area contributed by atoms with E-state index in [0.29, 0.717) is 5.69 Å². The molecule has 16 heavy (non-hydrogen) atoms. The third kappa shape index (κ3) is 4.22. The van der Waals surface area contributed by atoms with Gasteiger partial charge in [0.2, 0.25) is 0 Å². The van der Waals surface area contributed by atoms with Crippen LogP contribution in [0.3, 0.4) is 0 Å². The van der Waals surface area contributed by atoms with Crippen LogP contribution < -0.4 is 11.1 Å². The Kier molecular flexibility index (Phi) is 4.65. The van der Waals surface area contributed by atoms with Crippen molar-refractivity contribution in [2.45, 2.75) is 12.5 Å². The molecule has 0 saturated carbocycles. The number of nitrogens with zero attached hydrogens (tertiary/aromatic N) is 1. The van der Waals surface area contributed by atoms with Gasteiger partial charge in [-0.3, -0.25) is 4.99 Å². The van der Waals surface area contributed by atoms with Gasteiger partial charge in [0.05, 0.1) is 6.54 Å². The first-order valence-corrected chi connectivity index (χ1v) is 4.68. The second kappa shape index (κ2) is 6.02. The number of nitrogens with two attached hydrogens (primary N) is 1. The summed E-state index contributed by atoms with van der Waals surface area (Å²) < 4.78 is 23.9. The maximum atomic E-state index is 11.9. The Hall–Kier alpha value is -1.69. The van der Waals surface area contributed by atoms with Gasteiger partial charge in [0.25, 0.3) is 6.43 Å². The maximum Gasteiger partial charge on any atom is 0.265 e. The number of guanidine groups is 1. The molecule has 0 amide bonds. The van der Waals surface area contributed by atoms with Crippen LogP contribution in [0.2, 0.25) is 0 Å². The summed E-state index contributed by atoms with van der Waals surface area (Å²) in [5.41, 5.74) is 6.14. The van der Waals surface area contributed by atoms with E-state index in [2.05, 4.69) is 10.3 Å². The molecule has 0 aliphatic carbocycles. The Morgan fingerprint density at radius 2 is 2.00 bits per heavy atom. The van der Waals surface area contributed by atoms with Crippen molar-refractivity contribution in [3.05, 3.63) is 30.3 Å². The number of nitrogens with one attached hydrogen (secondary N) is 1. The summed E-state index contributed by atoms with van der Waals surface area (Å²) in [4.78, 5) is 3.59. The number of para-hydroxylation sites is 1. The predicted octanol–water partition coefficient (Wildman–Crippen LogP) is 1.04. The van der Waals surface area contributed by atoms with Crippen LogP contribution in [0.1, 0.15) is 0 Å². The van der Waals surface area contributed by atoms with Gasteiger partial charge in [-0.25, -0.2) is 8.78 Å². The number of anilines is 1. The highest BCUT2D eigenvalue weighted by Gasteiger charge is 2.15. The molecular formula is C10H13F2N3O. The molecule has 0 aliphatic rings. The summed E-state index contributed by atoms with van der Waals surface area (Å²) in [7, 11) is 0. The van der Waals surface area contributed by atoms with Crippen LogP contribution in [0.5, 0.6) is 0 Å². The molecule has 1 aromatic rings. The SMILES string of the molecule is NC(=NCC(O)C(F)F)Nc1ccccc1. The van der Waals surface area contributed by atoms with Gasteiger partial charge in [0.1, 0.15) is 6.10 Å². The number of hydrogen-bond donors (Lipinski definition) is 3. The average molecular weight is 229 g/mol. The van der Waals surface area contributed by atoms with Crippen LogP contribution in [0.15, 0.2) is 35.3 Å². The summed E-state index contributed by atoms with van der Waals surface area (Å²) in [6, 6.07) is 8.93. The molecule has 0 radical (unpaired) electrons. The lowest BCUT2D eigenvalue weighted by Crippen LogP contribution is -2.27. The zero-order chi connectivity index (χ0) is 12.0. The molecule has 0 aromatic heterocycles. The molecule has 1 unspecified atom stereocenters. The lowest BCUT2D eigenvalue weighted by molar-refractivity contribution is 0.00179. The average Bonchev–Trinajstić information content (AvgIpc) is 2.27. The third-order valence-corrected chi connectivity index (χ3v) is 1.79. The Labute approximate surface area is 91.8 Å². The third-order valence-electron chi connectivity index (χ3n) is 1.79. The lowest BCUT2D eigenvalue weighted by atomic mass is 10.3. The molecule has 1 rings (SSSR count). The van der Waals surface area contributed by atoms with Gasteiger partial charge in [-0.15, -0.1) is 0 Å². The van der Waals surface area contributed by atoms with E-state index in [1.54, 1.807) is 24.3 Å². The van der Waals surface area contributed by atoms with Crippen molar-refractivity contribution in [2.75, 3.05) is 11.9 Å². The van der Waals surface area contributed by atoms with Crippen molar-refractivity contribution in [3.8, 4) is 0 Å². The van der Waals surface area contributed by atoms with E-state index in [0.717, 1.165) is 0 Å². The highest BCUT2D eigenvalue weighted by Crippen LogP contribution is 2.04. The molecular weight excluding hydrogens is 216 g/mol. The first kappa shape index (κ1) is 12.4. The standard InChI is InChI=1S/C10H13F2N3O/c11-9(12)8(16)6-14-10(13)15-7-4-2-1-3-5-7/h1-5,8-9,16H,6H2,(H3,13,14,15). The first-order valence-electron chi connectivity index (χ1n) is 4.68. The quantitative estimate of drug-likeness (QED) is 0.533. The van der Waals surface area contributed by atoms with E-state index in [9.17, 15) is 8.78 Å². The van der Waals surface area contributed by atoms with Crippen molar-refractivity contribution >= 4 is 11.6 Å². The van der Waals surface area contributed by atoms with Crippen molar-refractivity contribution in [2.24, 2.45) is 10.7 Å². The van der Waals surface area contributed by atoms with E-state index in [1.807, 2.05) is 6.07 Å². The van der Waals surface area contributed by atoms with Crippen LogP contribution in [-0.4, -0.2) is 30.1 Å². The summed E-state index contributed by atoms with van der Waals surface area (Å²) in [5, 5.41) is 11.5. The fourth-order valence-corrected chi connectivity index (χ4v) is 0.980. The van der Waals surface area contributed by atoms with Gasteiger partial charge in [-0.2, -0.15) is 0 Å². The molecule has 6 heteroatoms. The second-order valence-corrected chi connectivity index (χ2v) is 3.12. The number of halogens is 2. The van der Waals surface area contributed by atoms with Gasteiger partial charge in [-0.05, 0) is 12.1 Å². The second-order valence-electron chi connectivity index (χ2n) is 3.12. The molecule has 0 saturated heterocycles. The van der Waals surface area contributed by atoms with Gasteiger partial charge in [0.15, 0.2) is 5.96 Å². The van der Waals surface area contributed by atoms with Crippen LogP contribution in [-0.2, 0) is 0 Å². The van der Waals surface area contributed by atoms with Crippen LogP contribution in [0, 0.1) is 0 Å². The fraction of sp³-hybridized carbons (Fsp3) is 0.300. The Balaban J connectivity index is 2.46. The first-order chi connectivity index (χ1) is 7.59. The molecule has 0 fully saturated rings. The van der Waals surface area contributed by atoms with E-state index in [1.165, 1.54) is 0 Å².